The normalized spacial score (nSPS) is 13.7. The Morgan fingerprint density at radius 1 is 1.21 bits per heavy atom. The van der Waals surface area contributed by atoms with Gasteiger partial charge < -0.3 is 14.5 Å². The van der Waals surface area contributed by atoms with E-state index in [2.05, 4.69) is 34.6 Å². The van der Waals surface area contributed by atoms with Gasteiger partial charge in [-0.1, -0.05) is 13.0 Å². The number of hydrogen-bond donors (Lipinski definition) is 1. The molecule has 2 heterocycles. The lowest BCUT2D eigenvalue weighted by molar-refractivity contribution is 0.134. The van der Waals surface area contributed by atoms with E-state index in [4.69, 9.17) is 9.15 Å². The molecule has 0 amide bonds. The van der Waals surface area contributed by atoms with Gasteiger partial charge in [-0.2, -0.15) is 0 Å². The van der Waals surface area contributed by atoms with Gasteiger partial charge in [0.25, 0.3) is 0 Å². The molecule has 0 radical (unpaired) electrons. The first-order chi connectivity index (χ1) is 9.36. The highest BCUT2D eigenvalue weighted by Crippen LogP contribution is 2.26. The zero-order valence-electron chi connectivity index (χ0n) is 11.0. The molecule has 0 fully saturated rings. The second-order valence-electron chi connectivity index (χ2n) is 4.65. The molecule has 5 nitrogen and oxygen atoms in total. The lowest BCUT2D eigenvalue weighted by atomic mass is 10.1. The van der Waals surface area contributed by atoms with Crippen molar-refractivity contribution in [2.24, 2.45) is 0 Å². The fourth-order valence-electron chi connectivity index (χ4n) is 2.12. The van der Waals surface area contributed by atoms with Crippen LogP contribution in [-0.4, -0.2) is 16.7 Å². The van der Waals surface area contributed by atoms with Crippen LogP contribution in [0.4, 0.5) is 0 Å². The molecule has 0 aliphatic carbocycles. The molecule has 100 valence electrons. The number of nitrogens with one attached hydrogen (secondary N) is 1. The molecule has 3 rings (SSSR count). The summed E-state index contributed by atoms with van der Waals surface area (Å²) < 4.78 is 11.1. The minimum absolute atomic E-state index is 0.572. The number of benzene rings is 1. The Hall–Kier alpha value is -1.72. The lowest BCUT2D eigenvalue weighted by Crippen LogP contribution is -2.13. The SMILES string of the molecule is CCCNCc1nnc(-c2ccc3c(c2)COC3)o1. The molecule has 0 saturated carbocycles. The summed E-state index contributed by atoms with van der Waals surface area (Å²) in [6.45, 7) is 5.06. The molecule has 19 heavy (non-hydrogen) atoms. The van der Waals surface area contributed by atoms with Gasteiger partial charge in [-0.05, 0) is 36.2 Å². The monoisotopic (exact) mass is 259 g/mol. The minimum atomic E-state index is 0.572. The van der Waals surface area contributed by atoms with Crippen molar-refractivity contribution < 1.29 is 9.15 Å². The summed E-state index contributed by atoms with van der Waals surface area (Å²) in [5.74, 6) is 1.20. The van der Waals surface area contributed by atoms with Crippen molar-refractivity contribution in [3.8, 4) is 11.5 Å². The Bertz CT molecular complexity index is 566. The Labute approximate surface area is 112 Å². The fourth-order valence-corrected chi connectivity index (χ4v) is 2.12. The van der Waals surface area contributed by atoms with Crippen LogP contribution in [0.15, 0.2) is 22.6 Å². The minimum Gasteiger partial charge on any atom is -0.419 e. The van der Waals surface area contributed by atoms with Crippen molar-refractivity contribution in [2.75, 3.05) is 6.54 Å². The van der Waals surface area contributed by atoms with Crippen molar-refractivity contribution >= 4 is 0 Å². The number of ether oxygens (including phenoxy) is 1. The summed E-state index contributed by atoms with van der Waals surface area (Å²) in [5, 5.41) is 11.4. The van der Waals surface area contributed by atoms with Crippen LogP contribution in [-0.2, 0) is 24.5 Å². The van der Waals surface area contributed by atoms with E-state index in [1.54, 1.807) is 0 Å². The molecule has 1 N–H and O–H groups in total. The summed E-state index contributed by atoms with van der Waals surface area (Å²) in [6.07, 6.45) is 1.09. The van der Waals surface area contributed by atoms with E-state index in [1.165, 1.54) is 11.1 Å². The Balaban J connectivity index is 1.75. The topological polar surface area (TPSA) is 60.2 Å². The molecule has 0 saturated heterocycles. The second-order valence-corrected chi connectivity index (χ2v) is 4.65. The average molecular weight is 259 g/mol. The number of hydrogen-bond acceptors (Lipinski definition) is 5. The molecule has 1 aromatic carbocycles. The molecule has 0 bridgehead atoms. The number of nitrogens with zero attached hydrogens (tertiary/aromatic N) is 2. The molecule has 1 aromatic heterocycles. The van der Waals surface area contributed by atoms with Crippen molar-refractivity contribution in [2.45, 2.75) is 33.1 Å². The van der Waals surface area contributed by atoms with Gasteiger partial charge in [-0.15, -0.1) is 10.2 Å². The number of aromatic nitrogens is 2. The summed E-state index contributed by atoms with van der Waals surface area (Å²) >= 11 is 0. The first-order valence-electron chi connectivity index (χ1n) is 6.60. The molecular formula is C14H17N3O2. The van der Waals surface area contributed by atoms with Gasteiger partial charge in [0.1, 0.15) is 0 Å². The molecule has 0 unspecified atom stereocenters. The van der Waals surface area contributed by atoms with Crippen molar-refractivity contribution in [3.63, 3.8) is 0 Å². The van der Waals surface area contributed by atoms with Gasteiger partial charge in [0.05, 0.1) is 19.8 Å². The second kappa shape index (κ2) is 5.50. The summed E-state index contributed by atoms with van der Waals surface area (Å²) in [5.41, 5.74) is 3.41. The highest BCUT2D eigenvalue weighted by molar-refractivity contribution is 5.55. The highest BCUT2D eigenvalue weighted by atomic mass is 16.5. The van der Waals surface area contributed by atoms with Gasteiger partial charge in [0.2, 0.25) is 11.8 Å². The van der Waals surface area contributed by atoms with Gasteiger partial charge in [-0.25, -0.2) is 0 Å². The third-order valence-corrected chi connectivity index (χ3v) is 3.14. The molecule has 0 atom stereocenters. The van der Waals surface area contributed by atoms with Crippen LogP contribution in [0, 0.1) is 0 Å². The Kier molecular flexibility index (Phi) is 3.57. The van der Waals surface area contributed by atoms with E-state index in [1.807, 2.05) is 6.07 Å². The van der Waals surface area contributed by atoms with Crippen molar-refractivity contribution in [3.05, 3.63) is 35.2 Å². The van der Waals surface area contributed by atoms with Crippen molar-refractivity contribution in [1.29, 1.82) is 0 Å². The van der Waals surface area contributed by atoms with E-state index >= 15 is 0 Å². The Morgan fingerprint density at radius 2 is 2.11 bits per heavy atom. The third kappa shape index (κ3) is 2.67. The predicted molar refractivity (Wildman–Crippen MR) is 70.2 cm³/mol. The number of rotatable bonds is 5. The fraction of sp³-hybridized carbons (Fsp3) is 0.429. The molecule has 0 spiro atoms. The van der Waals surface area contributed by atoms with E-state index in [0.717, 1.165) is 18.5 Å². The quantitative estimate of drug-likeness (QED) is 0.835. The molecular weight excluding hydrogens is 242 g/mol. The summed E-state index contributed by atoms with van der Waals surface area (Å²) in [4.78, 5) is 0. The van der Waals surface area contributed by atoms with Crippen LogP contribution in [0.3, 0.4) is 0 Å². The van der Waals surface area contributed by atoms with Crippen molar-refractivity contribution in [1.82, 2.24) is 15.5 Å². The van der Waals surface area contributed by atoms with Gasteiger partial charge in [0.15, 0.2) is 0 Å². The standard InChI is InChI=1S/C14H17N3O2/c1-2-5-15-7-13-16-17-14(19-13)10-3-4-11-8-18-9-12(11)6-10/h3-4,6,15H,2,5,7-9H2,1H3. The largest absolute Gasteiger partial charge is 0.419 e. The van der Waals surface area contributed by atoms with E-state index < -0.39 is 0 Å². The predicted octanol–water partition coefficient (Wildman–Crippen LogP) is 2.27. The van der Waals surface area contributed by atoms with Crippen LogP contribution in [0.5, 0.6) is 0 Å². The van der Waals surface area contributed by atoms with Crippen LogP contribution in [0.1, 0.15) is 30.4 Å². The smallest absolute Gasteiger partial charge is 0.247 e. The number of fused-ring (bicyclic) bond motifs is 1. The van der Waals surface area contributed by atoms with Crippen LogP contribution >= 0.6 is 0 Å². The summed E-state index contributed by atoms with van der Waals surface area (Å²) in [6, 6.07) is 6.14. The molecule has 1 aliphatic heterocycles. The first-order valence-corrected chi connectivity index (χ1v) is 6.60. The lowest BCUT2D eigenvalue weighted by Gasteiger charge is -1.99. The van der Waals surface area contributed by atoms with E-state index in [0.29, 0.717) is 31.5 Å². The van der Waals surface area contributed by atoms with E-state index in [-0.39, 0.29) is 0 Å². The zero-order chi connectivity index (χ0) is 13.1. The zero-order valence-corrected chi connectivity index (χ0v) is 11.0. The van der Waals surface area contributed by atoms with Gasteiger partial charge in [-0.3, -0.25) is 0 Å². The maximum absolute atomic E-state index is 5.65. The van der Waals surface area contributed by atoms with Crippen LogP contribution in [0.2, 0.25) is 0 Å². The average Bonchev–Trinajstić information content (AvgIpc) is 3.06. The molecule has 5 heteroatoms. The third-order valence-electron chi connectivity index (χ3n) is 3.14. The van der Waals surface area contributed by atoms with Crippen LogP contribution in [0.25, 0.3) is 11.5 Å². The maximum atomic E-state index is 5.65. The first kappa shape index (κ1) is 12.3. The Morgan fingerprint density at radius 3 is 3.00 bits per heavy atom. The van der Waals surface area contributed by atoms with Gasteiger partial charge in [0, 0.05) is 5.56 Å². The highest BCUT2D eigenvalue weighted by Gasteiger charge is 2.14. The van der Waals surface area contributed by atoms with Crippen LogP contribution < -0.4 is 5.32 Å². The maximum Gasteiger partial charge on any atom is 0.247 e. The summed E-state index contributed by atoms with van der Waals surface area (Å²) in [7, 11) is 0. The van der Waals surface area contributed by atoms with Gasteiger partial charge >= 0.3 is 0 Å². The molecule has 2 aromatic rings. The van der Waals surface area contributed by atoms with E-state index in [9.17, 15) is 0 Å². The molecule has 1 aliphatic rings.